The first-order chi connectivity index (χ1) is 11.8. The Hall–Kier alpha value is -2.84. The Bertz CT molecular complexity index is 887. The molecule has 0 saturated heterocycles. The Morgan fingerprint density at radius 2 is 1.80 bits per heavy atom. The highest BCUT2D eigenvalue weighted by Crippen LogP contribution is 2.28. The van der Waals surface area contributed by atoms with Gasteiger partial charge in [-0.2, -0.15) is 17.7 Å². The van der Waals surface area contributed by atoms with Crippen molar-refractivity contribution in [2.45, 2.75) is 12.7 Å². The lowest BCUT2D eigenvalue weighted by Gasteiger charge is -2.20. The lowest BCUT2D eigenvalue weighted by molar-refractivity contribution is -0.146. The van der Waals surface area contributed by atoms with Crippen LogP contribution in [0.4, 0.5) is 24.7 Å². The topological polar surface area (TPSA) is 49.6 Å². The fraction of sp³-hybridized carbons (Fsp3) is 0.312. The van der Waals surface area contributed by atoms with Crippen molar-refractivity contribution in [2.75, 3.05) is 30.9 Å². The second-order valence-electron chi connectivity index (χ2n) is 5.90. The van der Waals surface area contributed by atoms with Crippen molar-refractivity contribution in [3.63, 3.8) is 0 Å². The second-order valence-corrected chi connectivity index (χ2v) is 5.90. The summed E-state index contributed by atoms with van der Waals surface area (Å²) in [6, 6.07) is 11.0. The molecule has 2 aromatic heterocycles. The molecule has 0 atom stereocenters. The largest absolute Gasteiger partial charge is 0.453 e. The molecule has 0 N–H and O–H groups in total. The normalized spacial score (nSPS) is 11.8. The van der Waals surface area contributed by atoms with Crippen LogP contribution in [0.5, 0.6) is 0 Å². The van der Waals surface area contributed by atoms with E-state index >= 15 is 0 Å². The molecule has 9 heteroatoms. The van der Waals surface area contributed by atoms with Crippen molar-refractivity contribution in [3.8, 4) is 0 Å². The zero-order valence-corrected chi connectivity index (χ0v) is 14.0. The number of alkyl halides is 3. The first-order valence-corrected chi connectivity index (χ1v) is 7.53. The summed E-state index contributed by atoms with van der Waals surface area (Å²) < 4.78 is 39.6. The SMILES string of the molecule is CN(C)c1cccc(CN(C)c2ccc3nnc(C(F)(F)F)n3n2)c1. The summed E-state index contributed by atoms with van der Waals surface area (Å²) >= 11 is 0. The van der Waals surface area contributed by atoms with Crippen LogP contribution in [0.25, 0.3) is 5.65 Å². The smallest absolute Gasteiger partial charge is 0.378 e. The van der Waals surface area contributed by atoms with E-state index in [0.717, 1.165) is 15.8 Å². The first kappa shape index (κ1) is 17.0. The minimum Gasteiger partial charge on any atom is -0.378 e. The number of aromatic nitrogens is 4. The molecule has 0 fully saturated rings. The molecule has 3 rings (SSSR count). The summed E-state index contributed by atoms with van der Waals surface area (Å²) in [7, 11) is 5.67. The third-order valence-corrected chi connectivity index (χ3v) is 3.74. The molecule has 0 aliphatic rings. The third kappa shape index (κ3) is 3.49. The van der Waals surface area contributed by atoms with Gasteiger partial charge in [0.2, 0.25) is 0 Å². The highest BCUT2D eigenvalue weighted by Gasteiger charge is 2.37. The maximum atomic E-state index is 13.0. The van der Waals surface area contributed by atoms with E-state index in [2.05, 4.69) is 15.3 Å². The van der Waals surface area contributed by atoms with Crippen molar-refractivity contribution >= 4 is 17.2 Å². The van der Waals surface area contributed by atoms with Crippen molar-refractivity contribution in [3.05, 3.63) is 47.8 Å². The zero-order valence-electron chi connectivity index (χ0n) is 14.0. The quantitative estimate of drug-likeness (QED) is 0.724. The molecule has 1 aromatic carbocycles. The van der Waals surface area contributed by atoms with Gasteiger partial charge in [-0.05, 0) is 29.8 Å². The molecular weight excluding hydrogens is 333 g/mol. The molecule has 0 unspecified atom stereocenters. The van der Waals surface area contributed by atoms with Crippen LogP contribution in [0, 0.1) is 0 Å². The highest BCUT2D eigenvalue weighted by molar-refractivity contribution is 5.49. The van der Waals surface area contributed by atoms with Gasteiger partial charge in [-0.3, -0.25) is 0 Å². The van der Waals surface area contributed by atoms with E-state index in [1.54, 1.807) is 18.0 Å². The molecule has 0 bridgehead atoms. The molecule has 6 nitrogen and oxygen atoms in total. The van der Waals surface area contributed by atoms with Crippen LogP contribution in [0.15, 0.2) is 36.4 Å². The second kappa shape index (κ2) is 6.23. The Morgan fingerprint density at radius 3 is 2.48 bits per heavy atom. The monoisotopic (exact) mass is 350 g/mol. The van der Waals surface area contributed by atoms with Crippen LogP contribution in [0.3, 0.4) is 0 Å². The lowest BCUT2D eigenvalue weighted by Crippen LogP contribution is -2.20. The van der Waals surface area contributed by atoms with E-state index in [0.29, 0.717) is 12.4 Å². The first-order valence-electron chi connectivity index (χ1n) is 7.53. The predicted octanol–water partition coefficient (Wildman–Crippen LogP) is 2.85. The van der Waals surface area contributed by atoms with Crippen LogP contribution in [0.2, 0.25) is 0 Å². The third-order valence-electron chi connectivity index (χ3n) is 3.74. The number of anilines is 2. The zero-order chi connectivity index (χ0) is 18.2. The summed E-state index contributed by atoms with van der Waals surface area (Å²) in [4.78, 5) is 3.76. The number of halogens is 3. The van der Waals surface area contributed by atoms with Gasteiger partial charge in [0.15, 0.2) is 5.65 Å². The average molecular weight is 350 g/mol. The number of fused-ring (bicyclic) bond motifs is 1. The van der Waals surface area contributed by atoms with Crippen LogP contribution >= 0.6 is 0 Å². The summed E-state index contributed by atoms with van der Waals surface area (Å²) in [5, 5.41) is 10.7. The summed E-state index contributed by atoms with van der Waals surface area (Å²) in [5.41, 5.74) is 2.13. The fourth-order valence-corrected chi connectivity index (χ4v) is 2.45. The van der Waals surface area contributed by atoms with Gasteiger partial charge >= 0.3 is 6.18 Å². The van der Waals surface area contributed by atoms with E-state index < -0.39 is 12.0 Å². The molecule has 0 spiro atoms. The van der Waals surface area contributed by atoms with Crippen LogP contribution in [-0.2, 0) is 12.7 Å². The van der Waals surface area contributed by atoms with Crippen molar-refractivity contribution < 1.29 is 13.2 Å². The van der Waals surface area contributed by atoms with Gasteiger partial charge in [-0.1, -0.05) is 12.1 Å². The molecular formula is C16H17F3N6. The van der Waals surface area contributed by atoms with Gasteiger partial charge in [-0.15, -0.1) is 15.3 Å². The maximum absolute atomic E-state index is 13.0. The fourth-order valence-electron chi connectivity index (χ4n) is 2.45. The van der Waals surface area contributed by atoms with Gasteiger partial charge in [0, 0.05) is 33.4 Å². The van der Waals surface area contributed by atoms with Crippen LogP contribution < -0.4 is 9.80 Å². The van der Waals surface area contributed by atoms with E-state index in [-0.39, 0.29) is 5.65 Å². The lowest BCUT2D eigenvalue weighted by atomic mass is 10.2. The van der Waals surface area contributed by atoms with Gasteiger partial charge < -0.3 is 9.80 Å². The predicted molar refractivity (Wildman–Crippen MR) is 88.7 cm³/mol. The van der Waals surface area contributed by atoms with E-state index in [9.17, 15) is 13.2 Å². The molecule has 132 valence electrons. The summed E-state index contributed by atoms with van der Waals surface area (Å²) in [5.74, 6) is -0.736. The Balaban J connectivity index is 1.89. The van der Waals surface area contributed by atoms with E-state index in [4.69, 9.17) is 0 Å². The minimum atomic E-state index is -4.61. The number of benzene rings is 1. The number of hydrogen-bond acceptors (Lipinski definition) is 5. The maximum Gasteiger partial charge on any atom is 0.453 e. The summed E-state index contributed by atoms with van der Waals surface area (Å²) in [6.45, 7) is 0.504. The number of hydrogen-bond donors (Lipinski definition) is 0. The number of rotatable bonds is 4. The molecule has 0 saturated carbocycles. The molecule has 0 amide bonds. The molecule has 3 aromatic rings. The van der Waals surface area contributed by atoms with Crippen molar-refractivity contribution in [1.82, 2.24) is 19.8 Å². The molecule has 25 heavy (non-hydrogen) atoms. The van der Waals surface area contributed by atoms with Crippen LogP contribution in [-0.4, -0.2) is 41.0 Å². The van der Waals surface area contributed by atoms with Crippen molar-refractivity contribution in [2.24, 2.45) is 0 Å². The Kier molecular flexibility index (Phi) is 4.23. The van der Waals surface area contributed by atoms with Gasteiger partial charge in [0.25, 0.3) is 5.82 Å². The molecule has 2 heterocycles. The molecule has 0 radical (unpaired) electrons. The highest BCUT2D eigenvalue weighted by atomic mass is 19.4. The molecule has 0 aliphatic heterocycles. The minimum absolute atomic E-state index is 0.0547. The average Bonchev–Trinajstić information content (AvgIpc) is 2.98. The van der Waals surface area contributed by atoms with Gasteiger partial charge in [-0.25, -0.2) is 0 Å². The van der Waals surface area contributed by atoms with E-state index in [1.807, 2.05) is 43.3 Å². The Labute approximate surface area is 142 Å². The van der Waals surface area contributed by atoms with E-state index in [1.165, 1.54) is 6.07 Å². The van der Waals surface area contributed by atoms with Crippen molar-refractivity contribution in [1.29, 1.82) is 0 Å². The number of nitrogens with zero attached hydrogens (tertiary/aromatic N) is 6. The van der Waals surface area contributed by atoms with Gasteiger partial charge in [0.1, 0.15) is 5.82 Å². The Morgan fingerprint density at radius 1 is 1.04 bits per heavy atom. The van der Waals surface area contributed by atoms with Gasteiger partial charge in [0.05, 0.1) is 0 Å². The molecule has 0 aliphatic carbocycles. The summed E-state index contributed by atoms with van der Waals surface area (Å²) in [6.07, 6.45) is -4.61. The van der Waals surface area contributed by atoms with Crippen LogP contribution in [0.1, 0.15) is 11.4 Å². The standard InChI is InChI=1S/C16H17F3N6/c1-23(2)12-6-4-5-11(9-12)10-24(3)14-8-7-13-20-21-15(16(17,18)19)25(13)22-14/h4-9H,10H2,1-3H3.